The van der Waals surface area contributed by atoms with Gasteiger partial charge in [0.25, 0.3) is 0 Å². The number of halogens is 1. The number of amides is 1. The van der Waals surface area contributed by atoms with E-state index in [1.165, 1.54) is 26.3 Å². The van der Waals surface area contributed by atoms with Crippen LogP contribution < -0.4 is 5.32 Å². The van der Waals surface area contributed by atoms with Gasteiger partial charge in [-0.1, -0.05) is 6.07 Å². The topological polar surface area (TPSA) is 92.8 Å². The lowest BCUT2D eigenvalue weighted by molar-refractivity contribution is -0.171. The van der Waals surface area contributed by atoms with Crippen molar-refractivity contribution in [3.8, 4) is 0 Å². The summed E-state index contributed by atoms with van der Waals surface area (Å²) < 4.78 is 46.7. The molecule has 1 aromatic carbocycles. The predicted octanol–water partition coefficient (Wildman–Crippen LogP) is 2.77. The fourth-order valence-electron chi connectivity index (χ4n) is 6.94. The smallest absolute Gasteiger partial charge is 0.311 e. The zero-order valence-corrected chi connectivity index (χ0v) is 20.1. The van der Waals surface area contributed by atoms with E-state index >= 15 is 0 Å². The third kappa shape index (κ3) is 3.41. The number of aryl methyl sites for hydroxylation is 1. The van der Waals surface area contributed by atoms with Gasteiger partial charge in [0, 0.05) is 13.1 Å². The number of carbonyl (C=O) groups excluding carboxylic acids is 2. The summed E-state index contributed by atoms with van der Waals surface area (Å²) in [4.78, 5) is 25.8. The molecule has 33 heavy (non-hydrogen) atoms. The molecule has 1 N–H and O–H groups in total. The van der Waals surface area contributed by atoms with Gasteiger partial charge in [-0.05, 0) is 87.3 Å². The lowest BCUT2D eigenvalue weighted by Gasteiger charge is -2.58. The Morgan fingerprint density at radius 2 is 1.79 bits per heavy atom. The van der Waals surface area contributed by atoms with Crippen molar-refractivity contribution in [3.63, 3.8) is 0 Å². The molecule has 0 heterocycles. The Morgan fingerprint density at radius 3 is 2.33 bits per heavy atom. The summed E-state index contributed by atoms with van der Waals surface area (Å²) in [5.74, 6) is -0.144. The maximum atomic E-state index is 14.0. The molecule has 6 rings (SSSR count). The second-order valence-corrected chi connectivity index (χ2v) is 12.6. The third-order valence-corrected chi connectivity index (χ3v) is 10.7. The molecule has 5 saturated carbocycles. The molecule has 0 radical (unpaired) electrons. The lowest BCUT2D eigenvalue weighted by Crippen LogP contribution is -2.63. The standard InChI is InChI=1S/C24H31FN2O5S/c1-14-4-5-18(10-19(14)25)33(30,31)27(2)24(6-7-24)21(28)26-20-16-8-15-9-17(20)13-23(11-15,12-16)22(29)32-3/h4-5,10,15-17,20H,6-9,11-13H2,1-3H3,(H,26,28). The molecule has 0 saturated heterocycles. The number of nitrogens with zero attached hydrogens (tertiary/aromatic N) is 1. The highest BCUT2D eigenvalue weighted by Gasteiger charge is 2.62. The largest absolute Gasteiger partial charge is 0.469 e. The molecule has 5 aliphatic carbocycles. The minimum Gasteiger partial charge on any atom is -0.469 e. The lowest BCUT2D eigenvalue weighted by atomic mass is 9.48. The Hall–Kier alpha value is -2.00. The van der Waals surface area contributed by atoms with Crippen LogP contribution in [0, 0.1) is 35.9 Å². The maximum Gasteiger partial charge on any atom is 0.311 e. The summed E-state index contributed by atoms with van der Waals surface area (Å²) in [6.45, 7) is 1.57. The molecule has 2 atom stereocenters. The van der Waals surface area contributed by atoms with E-state index in [0.717, 1.165) is 29.6 Å². The van der Waals surface area contributed by atoms with Crippen LogP contribution >= 0.6 is 0 Å². The first-order chi connectivity index (χ1) is 15.5. The fourth-order valence-corrected chi connectivity index (χ4v) is 8.47. The summed E-state index contributed by atoms with van der Waals surface area (Å²) in [5, 5.41) is 3.19. The highest BCUT2D eigenvalue weighted by Crippen LogP contribution is 2.60. The molecule has 180 valence electrons. The average molecular weight is 479 g/mol. The van der Waals surface area contributed by atoms with Gasteiger partial charge >= 0.3 is 5.97 Å². The average Bonchev–Trinajstić information content (AvgIpc) is 3.58. The second kappa shape index (κ2) is 7.50. The van der Waals surface area contributed by atoms with E-state index in [1.54, 1.807) is 6.92 Å². The van der Waals surface area contributed by atoms with E-state index < -0.39 is 26.8 Å². The van der Waals surface area contributed by atoms with Crippen molar-refractivity contribution in [2.45, 2.75) is 68.3 Å². The molecule has 1 aromatic rings. The van der Waals surface area contributed by atoms with Crippen molar-refractivity contribution >= 4 is 21.9 Å². The van der Waals surface area contributed by atoms with Gasteiger partial charge in [0.05, 0.1) is 17.4 Å². The van der Waals surface area contributed by atoms with Gasteiger partial charge < -0.3 is 10.1 Å². The van der Waals surface area contributed by atoms with Gasteiger partial charge in [-0.3, -0.25) is 9.59 Å². The highest BCUT2D eigenvalue weighted by atomic mass is 32.2. The van der Waals surface area contributed by atoms with Crippen molar-refractivity contribution in [1.29, 1.82) is 0 Å². The maximum absolute atomic E-state index is 14.0. The first kappa shape index (κ1) is 22.8. The SMILES string of the molecule is COC(=O)C12CC3CC(C1)C(NC(=O)C1(N(C)S(=O)(=O)c4ccc(C)c(F)c4)CC1)C(C3)C2. The molecule has 9 heteroatoms. The summed E-state index contributed by atoms with van der Waals surface area (Å²) in [6, 6.07) is 3.76. The van der Waals surface area contributed by atoms with Crippen LogP contribution in [-0.2, 0) is 24.3 Å². The summed E-state index contributed by atoms with van der Waals surface area (Å²) in [6.07, 6.45) is 5.10. The van der Waals surface area contributed by atoms with E-state index in [-0.39, 0.29) is 34.6 Å². The van der Waals surface area contributed by atoms with Crippen LogP contribution in [0.2, 0.25) is 0 Å². The van der Waals surface area contributed by atoms with Crippen LogP contribution in [0.5, 0.6) is 0 Å². The van der Waals surface area contributed by atoms with Crippen LogP contribution in [0.25, 0.3) is 0 Å². The predicted molar refractivity (Wildman–Crippen MR) is 118 cm³/mol. The number of rotatable bonds is 6. The number of benzene rings is 1. The fraction of sp³-hybridized carbons (Fsp3) is 0.667. The zero-order valence-electron chi connectivity index (χ0n) is 19.3. The van der Waals surface area contributed by atoms with Crippen molar-refractivity contribution in [3.05, 3.63) is 29.6 Å². The number of carbonyl (C=O) groups is 2. The van der Waals surface area contributed by atoms with Crippen molar-refractivity contribution in [1.82, 2.24) is 9.62 Å². The molecule has 2 unspecified atom stereocenters. The van der Waals surface area contributed by atoms with Gasteiger partial charge in [-0.25, -0.2) is 12.8 Å². The van der Waals surface area contributed by atoms with Gasteiger partial charge in [-0.2, -0.15) is 4.31 Å². The molecular formula is C24H31FN2O5S. The number of methoxy groups -OCH3 is 1. The first-order valence-electron chi connectivity index (χ1n) is 11.7. The zero-order chi connectivity index (χ0) is 23.8. The van der Waals surface area contributed by atoms with E-state index in [2.05, 4.69) is 5.32 Å². The Labute approximate surface area is 194 Å². The molecule has 5 aliphatic rings. The number of likely N-dealkylation sites (N-methyl/N-ethyl adjacent to an activating group) is 1. The van der Waals surface area contributed by atoms with E-state index in [4.69, 9.17) is 4.74 Å². The quantitative estimate of drug-likeness (QED) is 0.635. The number of ether oxygens (including phenoxy) is 1. The van der Waals surface area contributed by atoms with Crippen LogP contribution in [0.3, 0.4) is 0 Å². The minimum absolute atomic E-state index is 0.0581. The number of hydrogen-bond acceptors (Lipinski definition) is 5. The van der Waals surface area contributed by atoms with Crippen LogP contribution in [0.15, 0.2) is 23.1 Å². The summed E-state index contributed by atoms with van der Waals surface area (Å²) >= 11 is 0. The Balaban J connectivity index is 1.34. The third-order valence-electron chi connectivity index (χ3n) is 8.74. The Bertz CT molecular complexity index is 1100. The van der Waals surface area contributed by atoms with E-state index in [1.807, 2.05) is 0 Å². The molecule has 5 fully saturated rings. The first-order valence-corrected chi connectivity index (χ1v) is 13.1. The van der Waals surface area contributed by atoms with E-state index in [9.17, 15) is 22.4 Å². The van der Waals surface area contributed by atoms with Crippen molar-refractivity contribution < 1.29 is 27.1 Å². The number of sulfonamides is 1. The van der Waals surface area contributed by atoms with Gasteiger partial charge in [0.1, 0.15) is 11.4 Å². The van der Waals surface area contributed by atoms with Crippen molar-refractivity contribution in [2.75, 3.05) is 14.2 Å². The monoisotopic (exact) mass is 478 g/mol. The van der Waals surface area contributed by atoms with Crippen LogP contribution in [-0.4, -0.2) is 50.3 Å². The van der Waals surface area contributed by atoms with Gasteiger partial charge in [0.2, 0.25) is 15.9 Å². The molecule has 0 aromatic heterocycles. The normalized spacial score (nSPS) is 33.7. The second-order valence-electron chi connectivity index (χ2n) is 10.7. The number of hydrogen-bond donors (Lipinski definition) is 1. The van der Waals surface area contributed by atoms with Crippen LogP contribution in [0.1, 0.15) is 50.5 Å². The van der Waals surface area contributed by atoms with Crippen molar-refractivity contribution in [2.24, 2.45) is 23.2 Å². The minimum atomic E-state index is -4.03. The molecule has 0 spiro atoms. The molecule has 1 amide bonds. The Morgan fingerprint density at radius 1 is 1.15 bits per heavy atom. The molecule has 7 nitrogen and oxygen atoms in total. The molecule has 0 aliphatic heterocycles. The van der Waals surface area contributed by atoms with Gasteiger partial charge in [0.15, 0.2) is 0 Å². The van der Waals surface area contributed by atoms with E-state index in [0.29, 0.717) is 37.2 Å². The van der Waals surface area contributed by atoms with Crippen LogP contribution in [0.4, 0.5) is 4.39 Å². The summed E-state index contributed by atoms with van der Waals surface area (Å²) in [7, 11) is -1.19. The molecule has 4 bridgehead atoms. The number of nitrogens with one attached hydrogen (secondary N) is 1. The molecular weight excluding hydrogens is 447 g/mol. The highest BCUT2D eigenvalue weighted by molar-refractivity contribution is 7.89. The number of esters is 1. The Kier molecular flexibility index (Phi) is 5.18. The van der Waals surface area contributed by atoms with Gasteiger partial charge in [-0.15, -0.1) is 0 Å². The summed E-state index contributed by atoms with van der Waals surface area (Å²) in [5.41, 5.74) is -1.21.